The molecule has 0 radical (unpaired) electrons. The molecule has 1 unspecified atom stereocenters. The second-order valence-corrected chi connectivity index (χ2v) is 8.48. The smallest absolute Gasteiger partial charge is 0.291 e. The first-order chi connectivity index (χ1) is 15.3. The summed E-state index contributed by atoms with van der Waals surface area (Å²) < 4.78 is 19.7. The van der Waals surface area contributed by atoms with E-state index in [9.17, 15) is 14.0 Å². The Balaban J connectivity index is 1.73. The van der Waals surface area contributed by atoms with Gasteiger partial charge in [-0.3, -0.25) is 9.59 Å². The topological polar surface area (TPSA) is 50.5 Å². The molecular weight excluding hydrogens is 405 g/mol. The van der Waals surface area contributed by atoms with E-state index in [2.05, 4.69) is 0 Å². The Bertz CT molecular complexity index is 1420. The first-order valence-electron chi connectivity index (χ1n) is 10.5. The van der Waals surface area contributed by atoms with Crippen LogP contribution in [0, 0.1) is 26.6 Å². The van der Waals surface area contributed by atoms with Crippen LogP contribution in [0.15, 0.2) is 69.9 Å². The molecule has 160 valence electrons. The van der Waals surface area contributed by atoms with E-state index < -0.39 is 6.04 Å². The molecule has 0 bridgehead atoms. The van der Waals surface area contributed by atoms with Crippen molar-refractivity contribution in [1.82, 2.24) is 4.90 Å². The molecule has 32 heavy (non-hydrogen) atoms. The SMILES string of the molecule is Cc1ccc(CN2C(=O)c3oc4cc(C)c(C)cc4c(=O)c3C2c2ccc(F)cc2)cc1. The molecule has 0 aliphatic carbocycles. The van der Waals surface area contributed by atoms with E-state index in [1.807, 2.05) is 51.1 Å². The summed E-state index contributed by atoms with van der Waals surface area (Å²) in [4.78, 5) is 28.7. The third-order valence-corrected chi connectivity index (χ3v) is 6.24. The van der Waals surface area contributed by atoms with Crippen molar-refractivity contribution < 1.29 is 13.6 Å². The zero-order valence-corrected chi connectivity index (χ0v) is 18.1. The number of rotatable bonds is 3. The summed E-state index contributed by atoms with van der Waals surface area (Å²) in [6.45, 7) is 6.18. The second kappa shape index (κ2) is 7.45. The van der Waals surface area contributed by atoms with Gasteiger partial charge in [0.1, 0.15) is 11.4 Å². The lowest BCUT2D eigenvalue weighted by molar-refractivity contribution is 0.0714. The van der Waals surface area contributed by atoms with Gasteiger partial charge in [-0.1, -0.05) is 42.0 Å². The van der Waals surface area contributed by atoms with E-state index in [4.69, 9.17) is 4.42 Å². The molecule has 0 N–H and O–H groups in total. The molecule has 1 amide bonds. The minimum Gasteiger partial charge on any atom is -0.450 e. The van der Waals surface area contributed by atoms with Crippen molar-refractivity contribution in [3.8, 4) is 0 Å². The third kappa shape index (κ3) is 3.21. The molecule has 1 aliphatic rings. The number of benzene rings is 3. The number of amides is 1. The van der Waals surface area contributed by atoms with Crippen LogP contribution in [0.25, 0.3) is 11.0 Å². The van der Waals surface area contributed by atoms with E-state index in [1.165, 1.54) is 12.1 Å². The normalized spacial score (nSPS) is 15.4. The average Bonchev–Trinajstić information content (AvgIpc) is 3.04. The lowest BCUT2D eigenvalue weighted by Crippen LogP contribution is -2.29. The van der Waals surface area contributed by atoms with E-state index in [-0.39, 0.29) is 22.9 Å². The van der Waals surface area contributed by atoms with Crippen LogP contribution in [0.3, 0.4) is 0 Å². The van der Waals surface area contributed by atoms with Gasteiger partial charge in [0.15, 0.2) is 5.43 Å². The number of fused-ring (bicyclic) bond motifs is 2. The Morgan fingerprint density at radius 1 is 0.906 bits per heavy atom. The summed E-state index contributed by atoms with van der Waals surface area (Å²) in [5, 5.41) is 0.448. The monoisotopic (exact) mass is 427 g/mol. The fourth-order valence-electron chi connectivity index (χ4n) is 4.32. The predicted molar refractivity (Wildman–Crippen MR) is 121 cm³/mol. The maximum Gasteiger partial charge on any atom is 0.291 e. The summed E-state index contributed by atoms with van der Waals surface area (Å²) in [6.07, 6.45) is 0. The van der Waals surface area contributed by atoms with E-state index in [0.29, 0.717) is 28.6 Å². The van der Waals surface area contributed by atoms with Gasteiger partial charge < -0.3 is 9.32 Å². The van der Waals surface area contributed by atoms with E-state index in [0.717, 1.165) is 22.3 Å². The van der Waals surface area contributed by atoms with Crippen LogP contribution in [0.2, 0.25) is 0 Å². The van der Waals surface area contributed by atoms with Gasteiger partial charge in [0.05, 0.1) is 17.0 Å². The summed E-state index contributed by atoms with van der Waals surface area (Å²) >= 11 is 0. The number of carbonyl (C=O) groups is 1. The number of halogens is 1. The lowest BCUT2D eigenvalue weighted by atomic mass is 9.97. The van der Waals surface area contributed by atoms with Crippen molar-refractivity contribution in [3.05, 3.63) is 116 Å². The number of nitrogens with zero attached hydrogens (tertiary/aromatic N) is 1. The van der Waals surface area contributed by atoms with Crippen molar-refractivity contribution in [3.63, 3.8) is 0 Å². The van der Waals surface area contributed by atoms with Crippen LogP contribution in [0.1, 0.15) is 50.0 Å². The Labute approximate surface area is 184 Å². The summed E-state index contributed by atoms with van der Waals surface area (Å²) in [5.74, 6) is -0.653. The molecule has 0 saturated heterocycles. The molecule has 0 fully saturated rings. The minimum atomic E-state index is -0.651. The van der Waals surface area contributed by atoms with E-state index >= 15 is 0 Å². The zero-order valence-electron chi connectivity index (χ0n) is 18.1. The van der Waals surface area contributed by atoms with Gasteiger partial charge in [0.2, 0.25) is 5.76 Å². The molecular formula is C27H22FNO3. The number of hydrogen-bond acceptors (Lipinski definition) is 3. The van der Waals surface area contributed by atoms with Crippen molar-refractivity contribution in [2.45, 2.75) is 33.4 Å². The van der Waals surface area contributed by atoms with Gasteiger partial charge in [-0.2, -0.15) is 0 Å². The fraction of sp³-hybridized carbons (Fsp3) is 0.185. The lowest BCUT2D eigenvalue weighted by Gasteiger charge is -2.25. The summed E-state index contributed by atoms with van der Waals surface area (Å²) in [6, 6.07) is 16.8. The molecule has 5 rings (SSSR count). The van der Waals surface area contributed by atoms with Crippen LogP contribution >= 0.6 is 0 Å². The van der Waals surface area contributed by atoms with E-state index in [1.54, 1.807) is 23.1 Å². The Kier molecular flexibility index (Phi) is 4.70. The molecule has 0 spiro atoms. The molecule has 0 saturated carbocycles. The standard InChI is InChI=1S/C27H22FNO3/c1-15-4-6-18(7-5-15)14-29-24(19-8-10-20(28)11-9-19)23-25(30)21-12-16(2)17(3)13-22(21)32-26(23)27(29)31/h4-13,24H,14H2,1-3H3. The van der Waals surface area contributed by atoms with Gasteiger partial charge in [0.25, 0.3) is 5.91 Å². The minimum absolute atomic E-state index is 0.0622. The van der Waals surface area contributed by atoms with Crippen LogP contribution in [-0.4, -0.2) is 10.8 Å². The molecule has 2 heterocycles. The van der Waals surface area contributed by atoms with Crippen molar-refractivity contribution in [2.24, 2.45) is 0 Å². The Morgan fingerprint density at radius 3 is 2.25 bits per heavy atom. The first-order valence-corrected chi connectivity index (χ1v) is 10.5. The summed E-state index contributed by atoms with van der Waals surface area (Å²) in [7, 11) is 0. The maximum atomic E-state index is 13.6. The Morgan fingerprint density at radius 2 is 1.56 bits per heavy atom. The van der Waals surface area contributed by atoms with Crippen LogP contribution in [-0.2, 0) is 6.54 Å². The quantitative estimate of drug-likeness (QED) is 0.427. The second-order valence-electron chi connectivity index (χ2n) is 8.48. The summed E-state index contributed by atoms with van der Waals surface area (Å²) in [5.41, 5.74) is 5.17. The molecule has 4 nitrogen and oxygen atoms in total. The van der Waals surface area contributed by atoms with Gasteiger partial charge in [-0.15, -0.1) is 0 Å². The molecule has 1 aromatic heterocycles. The van der Waals surface area contributed by atoms with Gasteiger partial charge in [-0.25, -0.2) is 4.39 Å². The number of hydrogen-bond donors (Lipinski definition) is 0. The number of aryl methyl sites for hydroxylation is 3. The van der Waals surface area contributed by atoms with Crippen LogP contribution in [0.5, 0.6) is 0 Å². The van der Waals surface area contributed by atoms with Crippen LogP contribution in [0.4, 0.5) is 4.39 Å². The maximum absolute atomic E-state index is 13.6. The Hall–Kier alpha value is -3.73. The molecule has 4 aromatic rings. The highest BCUT2D eigenvalue weighted by Gasteiger charge is 2.42. The zero-order chi connectivity index (χ0) is 22.6. The van der Waals surface area contributed by atoms with Crippen molar-refractivity contribution in [2.75, 3.05) is 0 Å². The third-order valence-electron chi connectivity index (χ3n) is 6.24. The average molecular weight is 427 g/mol. The van der Waals surface area contributed by atoms with Crippen molar-refractivity contribution >= 4 is 16.9 Å². The predicted octanol–water partition coefficient (Wildman–Crippen LogP) is 5.60. The highest BCUT2D eigenvalue weighted by Crippen LogP contribution is 2.39. The molecule has 3 aromatic carbocycles. The fourth-order valence-corrected chi connectivity index (χ4v) is 4.32. The van der Waals surface area contributed by atoms with Gasteiger partial charge >= 0.3 is 0 Å². The van der Waals surface area contributed by atoms with Gasteiger partial charge in [0, 0.05) is 6.54 Å². The highest BCUT2D eigenvalue weighted by atomic mass is 19.1. The largest absolute Gasteiger partial charge is 0.450 e. The van der Waals surface area contributed by atoms with Crippen LogP contribution < -0.4 is 5.43 Å². The van der Waals surface area contributed by atoms with Gasteiger partial charge in [-0.05, 0) is 67.3 Å². The molecule has 1 atom stereocenters. The molecule has 5 heteroatoms. The first kappa shape index (κ1) is 20.2. The van der Waals surface area contributed by atoms with Crippen molar-refractivity contribution in [1.29, 1.82) is 0 Å². The molecule has 1 aliphatic heterocycles. The number of carbonyl (C=O) groups excluding carboxylic acids is 1. The highest BCUT2D eigenvalue weighted by molar-refractivity contribution is 5.99.